The van der Waals surface area contributed by atoms with Gasteiger partial charge < -0.3 is 89.9 Å². The highest BCUT2D eigenvalue weighted by atomic mass is 16.8. The quantitative estimate of drug-likeness (QED) is 0.0201. The van der Waals surface area contributed by atoms with Gasteiger partial charge in [-0.1, -0.05) is 209 Å². The van der Waals surface area contributed by atoms with Crippen molar-refractivity contribution in [1.82, 2.24) is 5.32 Å². The molecule has 87 heavy (non-hydrogen) atoms. The van der Waals surface area contributed by atoms with E-state index < -0.39 is 124 Å². The van der Waals surface area contributed by atoms with Crippen molar-refractivity contribution in [3.8, 4) is 0 Å². The van der Waals surface area contributed by atoms with Crippen molar-refractivity contribution in [2.45, 2.75) is 336 Å². The first kappa shape index (κ1) is 78.7. The maximum Gasteiger partial charge on any atom is 0.220 e. The molecule has 3 aliphatic heterocycles. The molecule has 3 rings (SSSR count). The van der Waals surface area contributed by atoms with Gasteiger partial charge in [-0.2, -0.15) is 0 Å². The van der Waals surface area contributed by atoms with Gasteiger partial charge in [0.1, 0.15) is 73.2 Å². The second kappa shape index (κ2) is 50.1. The van der Waals surface area contributed by atoms with Crippen LogP contribution >= 0.6 is 0 Å². The number of nitrogens with one attached hydrogen (secondary N) is 1. The molecule has 3 aliphatic rings. The summed E-state index contributed by atoms with van der Waals surface area (Å²) in [5.41, 5.74) is 0. The fourth-order valence-electron chi connectivity index (χ4n) is 11.2. The van der Waals surface area contributed by atoms with Crippen molar-refractivity contribution in [2.75, 3.05) is 26.4 Å². The smallest absolute Gasteiger partial charge is 0.220 e. The molecular weight excluding hydrogens is 1120 g/mol. The molecule has 17 unspecified atom stereocenters. The van der Waals surface area contributed by atoms with Crippen molar-refractivity contribution in [2.24, 2.45) is 0 Å². The third-order valence-electron chi connectivity index (χ3n) is 16.8. The van der Waals surface area contributed by atoms with Crippen molar-refractivity contribution in [3.05, 3.63) is 60.8 Å². The normalized spacial score (nSPS) is 29.0. The van der Waals surface area contributed by atoms with Gasteiger partial charge in [-0.3, -0.25) is 4.79 Å². The second-order valence-electron chi connectivity index (χ2n) is 24.3. The lowest BCUT2D eigenvalue weighted by atomic mass is 9.96. The van der Waals surface area contributed by atoms with Gasteiger partial charge in [0.2, 0.25) is 5.91 Å². The van der Waals surface area contributed by atoms with E-state index in [4.69, 9.17) is 28.4 Å². The number of rotatable bonds is 51. The Kier molecular flexibility index (Phi) is 45.3. The van der Waals surface area contributed by atoms with Crippen molar-refractivity contribution in [1.29, 1.82) is 0 Å². The van der Waals surface area contributed by atoms with E-state index in [0.717, 1.165) is 83.5 Å². The number of aliphatic hydroxyl groups is 11. The molecule has 0 aromatic heterocycles. The van der Waals surface area contributed by atoms with Crippen LogP contribution in [0.1, 0.15) is 232 Å². The third kappa shape index (κ3) is 32.6. The summed E-state index contributed by atoms with van der Waals surface area (Å²) in [5, 5.41) is 120. The summed E-state index contributed by atoms with van der Waals surface area (Å²) >= 11 is 0. The molecule has 0 bridgehead atoms. The molecule has 3 heterocycles. The maximum absolute atomic E-state index is 13.4. The minimum absolute atomic E-state index is 0.221. The molecule has 19 heteroatoms. The van der Waals surface area contributed by atoms with Gasteiger partial charge in [-0.25, -0.2) is 0 Å². The van der Waals surface area contributed by atoms with Crippen LogP contribution in [-0.2, 0) is 33.2 Å². The largest absolute Gasteiger partial charge is 0.394 e. The zero-order chi connectivity index (χ0) is 63.3. The number of unbranched alkanes of at least 4 members (excludes halogenated alkanes) is 27. The molecular formula is C68H121NO18. The summed E-state index contributed by atoms with van der Waals surface area (Å²) in [4.78, 5) is 13.4. The van der Waals surface area contributed by atoms with Crippen molar-refractivity contribution >= 4 is 5.91 Å². The van der Waals surface area contributed by atoms with Crippen LogP contribution in [0.5, 0.6) is 0 Å². The highest BCUT2D eigenvalue weighted by Gasteiger charge is 2.53. The number of carbonyl (C=O) groups excluding carboxylic acids is 1. The molecule has 3 fully saturated rings. The first-order valence-corrected chi connectivity index (χ1v) is 34.0. The van der Waals surface area contributed by atoms with Gasteiger partial charge in [-0.15, -0.1) is 0 Å². The zero-order valence-electron chi connectivity index (χ0n) is 53.2. The monoisotopic (exact) mass is 1240 g/mol. The molecule has 0 aromatic rings. The van der Waals surface area contributed by atoms with Gasteiger partial charge >= 0.3 is 0 Å². The Balaban J connectivity index is 1.48. The number of ether oxygens (including phenoxy) is 6. The molecule has 0 aromatic carbocycles. The molecule has 0 spiro atoms. The number of amides is 1. The summed E-state index contributed by atoms with van der Waals surface area (Å²) in [5.74, 6) is -0.298. The fraction of sp³-hybridized carbons (Fsp3) is 0.838. The highest BCUT2D eigenvalue weighted by molar-refractivity contribution is 5.76. The SMILES string of the molecule is CCCCCC/C=C\C/C=C\CCCCCCCCCC(=O)NC(COC1OC(CO)C(OC2OC(CO)C(OC3OC(CO)C(O)C(O)C3O)C(O)C2O)C(O)C1O)C(O)/C=C/CC/C=C/CC/C=C/CCCCCCCCCCCCCCCC. The maximum atomic E-state index is 13.4. The van der Waals surface area contributed by atoms with Gasteiger partial charge in [0, 0.05) is 6.42 Å². The lowest BCUT2D eigenvalue weighted by molar-refractivity contribution is -0.379. The van der Waals surface area contributed by atoms with Crippen molar-refractivity contribution < 1.29 is 89.4 Å². The van der Waals surface area contributed by atoms with Gasteiger partial charge in [0.15, 0.2) is 18.9 Å². The molecule has 1 amide bonds. The summed E-state index contributed by atoms with van der Waals surface area (Å²) in [7, 11) is 0. The number of aliphatic hydroxyl groups excluding tert-OH is 11. The Bertz CT molecular complexity index is 1820. The van der Waals surface area contributed by atoms with Gasteiger partial charge in [0.05, 0.1) is 38.6 Å². The van der Waals surface area contributed by atoms with Crippen LogP contribution in [0, 0.1) is 0 Å². The Labute approximate surface area is 522 Å². The van der Waals surface area contributed by atoms with E-state index in [1.54, 1.807) is 6.08 Å². The molecule has 17 atom stereocenters. The van der Waals surface area contributed by atoms with Crippen LogP contribution < -0.4 is 5.32 Å². The second-order valence-corrected chi connectivity index (χ2v) is 24.3. The van der Waals surface area contributed by atoms with E-state index >= 15 is 0 Å². The average Bonchev–Trinajstić information content (AvgIpc) is 2.36. The minimum atomic E-state index is -1.99. The highest BCUT2D eigenvalue weighted by Crippen LogP contribution is 2.33. The lowest BCUT2D eigenvalue weighted by Crippen LogP contribution is -2.66. The Hall–Kier alpha value is -2.51. The standard InChI is InChI=1S/C68H121NO18/c1-3-5-7-9-11-13-15-17-19-21-23-24-25-26-27-28-29-31-33-35-37-39-41-43-45-52(73)51(69-56(74)46-44-42-40-38-36-34-32-30-22-20-18-16-14-12-10-8-6-4-2)50-82-66-62(80)59(77)64(54(48-71)84-66)87-68-63(81)60(78)65(55(49-72)85-68)86-67-61(79)58(76)57(75)53(47-70)83-67/h14,16,20,22,28-29,35,37,43,45,51-55,57-68,70-73,75-81H,3-13,15,17-19,21,23-27,30-34,36,38-42,44,46-50H2,1-2H3,(H,69,74)/b16-14-,22-20-,29-28+,37-35+,45-43+. The van der Waals surface area contributed by atoms with Crippen LogP contribution in [0.4, 0.5) is 0 Å². The van der Waals surface area contributed by atoms with E-state index in [9.17, 15) is 61.0 Å². The van der Waals surface area contributed by atoms with E-state index in [2.05, 4.69) is 67.8 Å². The van der Waals surface area contributed by atoms with Crippen LogP contribution in [0.15, 0.2) is 60.8 Å². The molecule has 3 saturated heterocycles. The third-order valence-corrected chi connectivity index (χ3v) is 16.8. The molecule has 19 nitrogen and oxygen atoms in total. The summed E-state index contributed by atoms with van der Waals surface area (Å²) in [6.07, 6.45) is 33.4. The molecule has 0 radical (unpaired) electrons. The Morgan fingerprint density at radius 1 is 0.414 bits per heavy atom. The van der Waals surface area contributed by atoms with Gasteiger partial charge in [-0.05, 0) is 77.0 Å². The lowest BCUT2D eigenvalue weighted by Gasteiger charge is -2.48. The summed E-state index contributed by atoms with van der Waals surface area (Å²) in [6, 6.07) is -1.00. The van der Waals surface area contributed by atoms with Crippen LogP contribution in [-0.4, -0.2) is 193 Å². The first-order valence-electron chi connectivity index (χ1n) is 34.0. The van der Waals surface area contributed by atoms with Crippen LogP contribution in [0.25, 0.3) is 0 Å². The summed E-state index contributed by atoms with van der Waals surface area (Å²) < 4.78 is 34.3. The average molecular weight is 1240 g/mol. The predicted octanol–water partition coefficient (Wildman–Crippen LogP) is 8.38. The number of hydrogen-bond donors (Lipinski definition) is 12. The number of allylic oxidation sites excluding steroid dienone is 9. The van der Waals surface area contributed by atoms with Crippen LogP contribution in [0.3, 0.4) is 0 Å². The first-order chi connectivity index (χ1) is 42.3. The molecule has 12 N–H and O–H groups in total. The molecule has 0 aliphatic carbocycles. The topological polar surface area (TPSA) is 307 Å². The van der Waals surface area contributed by atoms with Crippen LogP contribution in [0.2, 0.25) is 0 Å². The number of hydrogen-bond acceptors (Lipinski definition) is 18. The number of carbonyl (C=O) groups is 1. The fourth-order valence-corrected chi connectivity index (χ4v) is 11.2. The Morgan fingerprint density at radius 3 is 1.23 bits per heavy atom. The van der Waals surface area contributed by atoms with E-state index in [1.807, 2.05) is 6.08 Å². The van der Waals surface area contributed by atoms with Crippen molar-refractivity contribution in [3.63, 3.8) is 0 Å². The van der Waals surface area contributed by atoms with Gasteiger partial charge in [0.25, 0.3) is 0 Å². The van der Waals surface area contributed by atoms with E-state index in [1.165, 1.54) is 116 Å². The minimum Gasteiger partial charge on any atom is -0.394 e. The molecule has 506 valence electrons. The zero-order valence-corrected chi connectivity index (χ0v) is 53.2. The molecule has 0 saturated carbocycles. The predicted molar refractivity (Wildman–Crippen MR) is 337 cm³/mol. The van der Waals surface area contributed by atoms with E-state index in [0.29, 0.717) is 12.8 Å². The van der Waals surface area contributed by atoms with E-state index in [-0.39, 0.29) is 18.9 Å². The summed E-state index contributed by atoms with van der Waals surface area (Å²) in [6.45, 7) is 1.69. The Morgan fingerprint density at radius 2 is 0.770 bits per heavy atom.